The van der Waals surface area contributed by atoms with Gasteiger partial charge in [0.1, 0.15) is 0 Å². The molecule has 0 saturated carbocycles. The van der Waals surface area contributed by atoms with Crippen molar-refractivity contribution in [3.05, 3.63) is 54.6 Å². The van der Waals surface area contributed by atoms with Crippen LogP contribution in [-0.4, -0.2) is 68.8 Å². The van der Waals surface area contributed by atoms with E-state index in [2.05, 4.69) is 10.6 Å². The fraction of sp³-hybridized carbons (Fsp3) is 0.417. The molecule has 0 aromatic heterocycles. The highest BCUT2D eigenvalue weighted by molar-refractivity contribution is 5.94. The second-order valence-corrected chi connectivity index (χ2v) is 8.20. The van der Waals surface area contributed by atoms with Crippen LogP contribution in [0.5, 0.6) is 0 Å². The third-order valence-corrected chi connectivity index (χ3v) is 6.05. The van der Waals surface area contributed by atoms with Crippen LogP contribution in [0.4, 0.5) is 10.5 Å². The van der Waals surface area contributed by atoms with Crippen molar-refractivity contribution in [2.45, 2.75) is 18.9 Å². The third-order valence-electron chi connectivity index (χ3n) is 6.05. The summed E-state index contributed by atoms with van der Waals surface area (Å²) < 4.78 is 5.32. The number of amides is 3. The number of urea groups is 1. The van der Waals surface area contributed by atoms with Crippen LogP contribution in [0.15, 0.2) is 54.6 Å². The van der Waals surface area contributed by atoms with Crippen LogP contribution in [0, 0.1) is 0 Å². The predicted molar refractivity (Wildman–Crippen MR) is 120 cm³/mol. The van der Waals surface area contributed by atoms with E-state index in [1.807, 2.05) is 59.5 Å². The molecular weight excluding hydrogens is 392 g/mol. The van der Waals surface area contributed by atoms with Crippen molar-refractivity contribution < 1.29 is 19.2 Å². The van der Waals surface area contributed by atoms with E-state index < -0.39 is 0 Å². The summed E-state index contributed by atoms with van der Waals surface area (Å²) in [5, 5.41) is 6.12. The maximum Gasteiger partial charge on any atom is 0.319 e. The second-order valence-electron chi connectivity index (χ2n) is 8.20. The number of carbonyl (C=O) groups excluding carboxylic acids is 2. The molecule has 0 atom stereocenters. The molecule has 7 heteroatoms. The largest absolute Gasteiger partial charge is 0.378 e. The first-order chi connectivity index (χ1) is 15.2. The standard InChI is InChI=1S/C24H30N4O3/c29-23(28-14-16-31-17-15-28)18-27-12-10-20(11-13-27)25-24(30)26-22-9-5-4-8-21(22)19-6-2-1-3-7-19/h1-9,20H,10-18H2,(H2,25,26,30)/p+1. The molecule has 2 aromatic carbocycles. The SMILES string of the molecule is O=C(Nc1ccccc1-c1ccccc1)NC1CC[NH+](CC(=O)N2CCOCC2)CC1. The maximum absolute atomic E-state index is 12.6. The number of quaternary nitrogens is 1. The molecule has 0 radical (unpaired) electrons. The lowest BCUT2D eigenvalue weighted by Crippen LogP contribution is -3.14. The molecular formula is C24H31N4O3+. The lowest BCUT2D eigenvalue weighted by Gasteiger charge is -2.32. The van der Waals surface area contributed by atoms with Crippen LogP contribution in [0.25, 0.3) is 11.1 Å². The van der Waals surface area contributed by atoms with E-state index in [-0.39, 0.29) is 18.0 Å². The lowest BCUT2D eigenvalue weighted by atomic mass is 10.0. The quantitative estimate of drug-likeness (QED) is 0.680. The number of ether oxygens (including phenoxy) is 1. The minimum atomic E-state index is -0.179. The van der Waals surface area contributed by atoms with Crippen molar-refractivity contribution in [2.75, 3.05) is 51.3 Å². The molecule has 2 heterocycles. The Bertz CT molecular complexity index is 875. The summed E-state index contributed by atoms with van der Waals surface area (Å²) in [4.78, 5) is 28.3. The number of likely N-dealkylation sites (tertiary alicyclic amines) is 1. The summed E-state index contributed by atoms with van der Waals surface area (Å²) in [5.74, 6) is 0.208. The van der Waals surface area contributed by atoms with Crippen molar-refractivity contribution >= 4 is 17.6 Å². The molecule has 31 heavy (non-hydrogen) atoms. The fourth-order valence-electron chi connectivity index (χ4n) is 4.29. The molecule has 0 unspecified atom stereocenters. The van der Waals surface area contributed by atoms with Gasteiger partial charge in [-0.3, -0.25) is 4.79 Å². The second kappa shape index (κ2) is 10.4. The number of hydrogen-bond donors (Lipinski definition) is 3. The molecule has 2 aromatic rings. The van der Waals surface area contributed by atoms with Gasteiger partial charge in [0.25, 0.3) is 5.91 Å². The monoisotopic (exact) mass is 423 g/mol. The van der Waals surface area contributed by atoms with Crippen LogP contribution < -0.4 is 15.5 Å². The number of carbonyl (C=O) groups is 2. The smallest absolute Gasteiger partial charge is 0.319 e. The van der Waals surface area contributed by atoms with Crippen LogP contribution in [0.1, 0.15) is 12.8 Å². The first kappa shape index (κ1) is 21.3. The number of anilines is 1. The highest BCUT2D eigenvalue weighted by Gasteiger charge is 2.27. The normalized spacial score (nSPS) is 21.4. The molecule has 4 rings (SSSR count). The molecule has 0 aliphatic carbocycles. The number of nitrogens with one attached hydrogen (secondary N) is 3. The highest BCUT2D eigenvalue weighted by Crippen LogP contribution is 2.27. The number of hydrogen-bond acceptors (Lipinski definition) is 3. The Balaban J connectivity index is 1.25. The van der Waals surface area contributed by atoms with Gasteiger partial charge in [0.05, 0.1) is 32.0 Å². The summed E-state index contributed by atoms with van der Waals surface area (Å²) in [6.07, 6.45) is 1.75. The van der Waals surface area contributed by atoms with Gasteiger partial charge in [-0.05, 0) is 11.6 Å². The third kappa shape index (κ3) is 5.83. The predicted octanol–water partition coefficient (Wildman–Crippen LogP) is 1.38. The van der Waals surface area contributed by atoms with Gasteiger partial charge in [-0.25, -0.2) is 4.79 Å². The molecule has 7 nitrogen and oxygen atoms in total. The van der Waals surface area contributed by atoms with Crippen molar-refractivity contribution in [1.82, 2.24) is 10.2 Å². The highest BCUT2D eigenvalue weighted by atomic mass is 16.5. The van der Waals surface area contributed by atoms with E-state index in [0.29, 0.717) is 32.8 Å². The first-order valence-electron chi connectivity index (χ1n) is 11.1. The van der Waals surface area contributed by atoms with Gasteiger partial charge >= 0.3 is 6.03 Å². The van der Waals surface area contributed by atoms with Crippen LogP contribution >= 0.6 is 0 Å². The Kier molecular flexibility index (Phi) is 7.17. The number of para-hydroxylation sites is 1. The van der Waals surface area contributed by atoms with Crippen LogP contribution in [0.3, 0.4) is 0 Å². The van der Waals surface area contributed by atoms with Gasteiger partial charge in [-0.1, -0.05) is 48.5 Å². The number of rotatable bonds is 5. The number of benzene rings is 2. The van der Waals surface area contributed by atoms with Gasteiger partial charge in [0.2, 0.25) is 0 Å². The van der Waals surface area contributed by atoms with Gasteiger partial charge < -0.3 is 25.2 Å². The molecule has 2 aliphatic heterocycles. The molecule has 164 valence electrons. The fourth-order valence-corrected chi connectivity index (χ4v) is 4.29. The molecule has 0 bridgehead atoms. The molecule has 2 fully saturated rings. The zero-order valence-corrected chi connectivity index (χ0v) is 17.8. The number of morpholine rings is 1. The molecule has 0 spiro atoms. The van der Waals surface area contributed by atoms with E-state index in [1.54, 1.807) is 0 Å². The molecule has 3 amide bonds. The van der Waals surface area contributed by atoms with E-state index in [9.17, 15) is 9.59 Å². The van der Waals surface area contributed by atoms with Crippen molar-refractivity contribution in [3.8, 4) is 11.1 Å². The number of nitrogens with zero attached hydrogens (tertiary/aromatic N) is 1. The van der Waals surface area contributed by atoms with Crippen LogP contribution in [-0.2, 0) is 9.53 Å². The van der Waals surface area contributed by atoms with Gasteiger partial charge in [0, 0.05) is 37.5 Å². The minimum absolute atomic E-state index is 0.131. The van der Waals surface area contributed by atoms with E-state index in [0.717, 1.165) is 42.7 Å². The summed E-state index contributed by atoms with van der Waals surface area (Å²) in [5.41, 5.74) is 2.87. The van der Waals surface area contributed by atoms with Gasteiger partial charge in [0.15, 0.2) is 6.54 Å². The Morgan fingerprint density at radius 3 is 2.39 bits per heavy atom. The Morgan fingerprint density at radius 2 is 1.65 bits per heavy atom. The van der Waals surface area contributed by atoms with Gasteiger partial charge in [-0.15, -0.1) is 0 Å². The summed E-state index contributed by atoms with van der Waals surface area (Å²) in [6, 6.07) is 17.8. The summed E-state index contributed by atoms with van der Waals surface area (Å²) >= 11 is 0. The Hall–Kier alpha value is -2.90. The Morgan fingerprint density at radius 1 is 0.968 bits per heavy atom. The van der Waals surface area contributed by atoms with Crippen LogP contribution in [0.2, 0.25) is 0 Å². The lowest BCUT2D eigenvalue weighted by molar-refractivity contribution is -0.897. The molecule has 2 aliphatic rings. The minimum Gasteiger partial charge on any atom is -0.378 e. The van der Waals surface area contributed by atoms with E-state index >= 15 is 0 Å². The zero-order chi connectivity index (χ0) is 21.5. The first-order valence-corrected chi connectivity index (χ1v) is 11.1. The topological polar surface area (TPSA) is 75.1 Å². The average Bonchev–Trinajstić information content (AvgIpc) is 2.82. The Labute approximate surface area is 183 Å². The molecule has 2 saturated heterocycles. The maximum atomic E-state index is 12.6. The summed E-state index contributed by atoms with van der Waals surface area (Å²) in [7, 11) is 0. The van der Waals surface area contributed by atoms with E-state index in [4.69, 9.17) is 4.74 Å². The average molecular weight is 424 g/mol. The van der Waals surface area contributed by atoms with Crippen molar-refractivity contribution in [2.24, 2.45) is 0 Å². The zero-order valence-electron chi connectivity index (χ0n) is 17.8. The number of piperidine rings is 1. The van der Waals surface area contributed by atoms with E-state index in [1.165, 1.54) is 4.90 Å². The van der Waals surface area contributed by atoms with Crippen molar-refractivity contribution in [1.29, 1.82) is 0 Å². The van der Waals surface area contributed by atoms with Crippen molar-refractivity contribution in [3.63, 3.8) is 0 Å². The van der Waals surface area contributed by atoms with Gasteiger partial charge in [-0.2, -0.15) is 0 Å². The summed E-state index contributed by atoms with van der Waals surface area (Å²) in [6.45, 7) is 4.97. The molecule has 3 N–H and O–H groups in total.